The number of carbonyl (C=O) groups is 1. The number of carbonyl (C=O) groups excluding carboxylic acids is 1. The molecule has 0 saturated heterocycles. The summed E-state index contributed by atoms with van der Waals surface area (Å²) in [5, 5.41) is 9.69. The van der Waals surface area contributed by atoms with Crippen molar-refractivity contribution in [3.63, 3.8) is 0 Å². The predicted molar refractivity (Wildman–Crippen MR) is 73.8 cm³/mol. The second-order valence-electron chi connectivity index (χ2n) is 4.19. The average Bonchev–Trinajstić information content (AvgIpc) is 2.73. The number of benzene rings is 1. The van der Waals surface area contributed by atoms with Crippen LogP contribution in [0, 0.1) is 18.3 Å². The van der Waals surface area contributed by atoms with E-state index >= 15 is 0 Å². The molecule has 1 amide bonds. The van der Waals surface area contributed by atoms with Crippen molar-refractivity contribution in [2.45, 2.75) is 13.3 Å². The zero-order valence-corrected chi connectivity index (χ0v) is 11.3. The number of hydrogen-bond acceptors (Lipinski definition) is 3. The first-order valence-corrected chi connectivity index (χ1v) is 6.57. The zero-order chi connectivity index (χ0) is 13.1. The van der Waals surface area contributed by atoms with E-state index in [2.05, 4.69) is 6.07 Å². The molecule has 1 aromatic heterocycles. The highest BCUT2D eigenvalue weighted by Crippen LogP contribution is 2.31. The van der Waals surface area contributed by atoms with Crippen LogP contribution < -0.4 is 0 Å². The van der Waals surface area contributed by atoms with Gasteiger partial charge < -0.3 is 4.90 Å². The van der Waals surface area contributed by atoms with E-state index in [1.165, 1.54) is 11.3 Å². The lowest BCUT2D eigenvalue weighted by molar-refractivity contribution is 0.0802. The fourth-order valence-corrected chi connectivity index (χ4v) is 3.07. The van der Waals surface area contributed by atoms with Gasteiger partial charge in [-0.05, 0) is 23.9 Å². The maximum atomic E-state index is 12.3. The minimum absolute atomic E-state index is 0.00366. The third-order valence-corrected chi connectivity index (χ3v) is 4.20. The Kier molecular flexibility index (Phi) is 3.63. The van der Waals surface area contributed by atoms with Gasteiger partial charge in [-0.3, -0.25) is 4.79 Å². The minimum Gasteiger partial charge on any atom is -0.340 e. The summed E-state index contributed by atoms with van der Waals surface area (Å²) in [6.45, 7) is 2.45. The van der Waals surface area contributed by atoms with Gasteiger partial charge in [0, 0.05) is 18.3 Å². The number of fused-ring (bicyclic) bond motifs is 1. The van der Waals surface area contributed by atoms with Gasteiger partial charge in [0.15, 0.2) is 0 Å². The van der Waals surface area contributed by atoms with Gasteiger partial charge in [-0.15, -0.1) is 11.3 Å². The normalized spacial score (nSPS) is 10.3. The Hall–Kier alpha value is -1.86. The number of nitrogens with zero attached hydrogens (tertiary/aromatic N) is 2. The maximum absolute atomic E-state index is 12.3. The Balaban J connectivity index is 2.34. The average molecular weight is 258 g/mol. The van der Waals surface area contributed by atoms with Crippen LogP contribution in [0.1, 0.15) is 21.7 Å². The van der Waals surface area contributed by atoms with Crippen LogP contribution in [0.25, 0.3) is 10.1 Å². The number of hydrogen-bond donors (Lipinski definition) is 0. The van der Waals surface area contributed by atoms with Crippen molar-refractivity contribution >= 4 is 27.3 Å². The molecular weight excluding hydrogens is 244 g/mol. The lowest BCUT2D eigenvalue weighted by Crippen LogP contribution is -2.27. The van der Waals surface area contributed by atoms with Crippen molar-refractivity contribution in [2.24, 2.45) is 0 Å². The molecule has 4 heteroatoms. The van der Waals surface area contributed by atoms with E-state index < -0.39 is 0 Å². The zero-order valence-electron chi connectivity index (χ0n) is 10.4. The fourth-order valence-electron chi connectivity index (χ4n) is 1.87. The molecule has 1 heterocycles. The number of aryl methyl sites for hydroxylation is 1. The molecule has 18 heavy (non-hydrogen) atoms. The van der Waals surface area contributed by atoms with Gasteiger partial charge in [-0.25, -0.2) is 0 Å². The second kappa shape index (κ2) is 5.19. The minimum atomic E-state index is 0.00366. The van der Waals surface area contributed by atoms with Crippen molar-refractivity contribution in [1.29, 1.82) is 5.26 Å². The second-order valence-corrected chi connectivity index (χ2v) is 5.24. The lowest BCUT2D eigenvalue weighted by Gasteiger charge is -2.14. The molecule has 92 valence electrons. The Morgan fingerprint density at radius 3 is 2.83 bits per heavy atom. The van der Waals surface area contributed by atoms with Crippen LogP contribution in [0.2, 0.25) is 0 Å². The van der Waals surface area contributed by atoms with Crippen LogP contribution in [-0.2, 0) is 0 Å². The monoisotopic (exact) mass is 258 g/mol. The quantitative estimate of drug-likeness (QED) is 0.848. The molecular formula is C14H14N2OS. The molecule has 1 aromatic carbocycles. The highest BCUT2D eigenvalue weighted by molar-refractivity contribution is 7.21. The molecule has 0 fully saturated rings. The number of thiophene rings is 1. The number of nitriles is 1. The Labute approximate surface area is 110 Å². The molecule has 0 saturated carbocycles. The molecule has 2 aromatic rings. The standard InChI is InChI=1S/C14H14N2OS/c1-10-11-6-3-4-7-12(11)18-13(10)14(17)16(2)9-5-8-15/h3-4,6-7H,5,9H2,1-2H3. The van der Waals surface area contributed by atoms with Gasteiger partial charge in [0.25, 0.3) is 5.91 Å². The summed E-state index contributed by atoms with van der Waals surface area (Å²) >= 11 is 1.52. The largest absolute Gasteiger partial charge is 0.340 e. The molecule has 0 aliphatic heterocycles. The molecule has 3 nitrogen and oxygen atoms in total. The molecule has 0 bridgehead atoms. The fraction of sp³-hybridized carbons (Fsp3) is 0.286. The highest BCUT2D eigenvalue weighted by atomic mass is 32.1. The van der Waals surface area contributed by atoms with Crippen molar-refractivity contribution in [3.8, 4) is 6.07 Å². The van der Waals surface area contributed by atoms with Gasteiger partial charge in [0.2, 0.25) is 0 Å². The summed E-state index contributed by atoms with van der Waals surface area (Å²) in [7, 11) is 1.74. The van der Waals surface area contributed by atoms with E-state index in [0.717, 1.165) is 20.5 Å². The van der Waals surface area contributed by atoms with Crippen LogP contribution in [0.3, 0.4) is 0 Å². The van der Waals surface area contributed by atoms with Crippen molar-refractivity contribution in [1.82, 2.24) is 4.90 Å². The molecule has 0 spiro atoms. The SMILES string of the molecule is Cc1c(C(=O)N(C)CCC#N)sc2ccccc12. The van der Waals surface area contributed by atoms with E-state index in [1.807, 2.05) is 31.2 Å². The Bertz CT molecular complexity index is 624. The van der Waals surface area contributed by atoms with Crippen molar-refractivity contribution in [3.05, 3.63) is 34.7 Å². The van der Waals surface area contributed by atoms with Crippen LogP contribution in [0.15, 0.2) is 24.3 Å². The summed E-state index contributed by atoms with van der Waals surface area (Å²) in [6.07, 6.45) is 0.367. The summed E-state index contributed by atoms with van der Waals surface area (Å²) < 4.78 is 1.13. The van der Waals surface area contributed by atoms with E-state index in [-0.39, 0.29) is 5.91 Å². The topological polar surface area (TPSA) is 44.1 Å². The summed E-state index contributed by atoms with van der Waals surface area (Å²) in [6, 6.07) is 10.1. The molecule has 0 unspecified atom stereocenters. The van der Waals surface area contributed by atoms with Crippen LogP contribution in [-0.4, -0.2) is 24.4 Å². The summed E-state index contributed by atoms with van der Waals surface area (Å²) in [5.74, 6) is 0.00366. The summed E-state index contributed by atoms with van der Waals surface area (Å²) in [5.41, 5.74) is 1.03. The highest BCUT2D eigenvalue weighted by Gasteiger charge is 2.18. The van der Waals surface area contributed by atoms with Crippen LogP contribution >= 0.6 is 11.3 Å². The van der Waals surface area contributed by atoms with Gasteiger partial charge in [0.05, 0.1) is 17.4 Å². The molecule has 2 rings (SSSR count). The van der Waals surface area contributed by atoms with Gasteiger partial charge in [-0.2, -0.15) is 5.26 Å². The smallest absolute Gasteiger partial charge is 0.264 e. The first-order chi connectivity index (χ1) is 8.65. The van der Waals surface area contributed by atoms with E-state index in [9.17, 15) is 4.79 Å². The maximum Gasteiger partial charge on any atom is 0.264 e. The van der Waals surface area contributed by atoms with Crippen LogP contribution in [0.5, 0.6) is 0 Å². The molecule has 0 atom stereocenters. The van der Waals surface area contributed by atoms with Crippen molar-refractivity contribution in [2.75, 3.05) is 13.6 Å². The Morgan fingerprint density at radius 1 is 1.44 bits per heavy atom. The molecule has 0 aliphatic rings. The van der Waals surface area contributed by atoms with Crippen molar-refractivity contribution < 1.29 is 4.79 Å². The summed E-state index contributed by atoms with van der Waals surface area (Å²) in [4.78, 5) is 14.7. The molecule has 0 aliphatic carbocycles. The Morgan fingerprint density at radius 2 is 2.17 bits per heavy atom. The third-order valence-electron chi connectivity index (χ3n) is 2.94. The first kappa shape index (κ1) is 12.6. The van der Waals surface area contributed by atoms with E-state index in [1.54, 1.807) is 11.9 Å². The predicted octanol–water partition coefficient (Wildman–Crippen LogP) is 3.20. The van der Waals surface area contributed by atoms with Gasteiger partial charge >= 0.3 is 0 Å². The molecule has 0 radical (unpaired) electrons. The number of rotatable bonds is 3. The number of amides is 1. The van der Waals surface area contributed by atoms with E-state index in [0.29, 0.717) is 13.0 Å². The van der Waals surface area contributed by atoms with Gasteiger partial charge in [-0.1, -0.05) is 18.2 Å². The van der Waals surface area contributed by atoms with Gasteiger partial charge in [0.1, 0.15) is 0 Å². The van der Waals surface area contributed by atoms with Crippen LogP contribution in [0.4, 0.5) is 0 Å². The molecule has 0 N–H and O–H groups in total. The lowest BCUT2D eigenvalue weighted by atomic mass is 10.1. The third kappa shape index (κ3) is 2.22. The van der Waals surface area contributed by atoms with E-state index in [4.69, 9.17) is 5.26 Å². The first-order valence-electron chi connectivity index (χ1n) is 5.75.